The Bertz CT molecular complexity index is 2860. The van der Waals surface area contributed by atoms with Crippen molar-refractivity contribution in [2.45, 2.75) is 39.4 Å². The highest BCUT2D eigenvalue weighted by Gasteiger charge is 2.35. The summed E-state index contributed by atoms with van der Waals surface area (Å²) in [5, 5.41) is 21.4. The minimum absolute atomic E-state index is 0.0765. The third-order valence-electron chi connectivity index (χ3n) is 11.3. The first-order valence-electron chi connectivity index (χ1n) is 23.2. The lowest BCUT2D eigenvalue weighted by atomic mass is 10.1. The number of esters is 3. The van der Waals surface area contributed by atoms with Gasteiger partial charge in [0.15, 0.2) is 0 Å². The monoisotopic (exact) mass is 1040 g/mol. The quantitative estimate of drug-likeness (QED) is 0.0291. The van der Waals surface area contributed by atoms with E-state index in [0.717, 1.165) is 32.4 Å². The fourth-order valence-corrected chi connectivity index (χ4v) is 8.13. The molecule has 4 aromatic rings. The number of ether oxygens (including phenoxy) is 5. The SMILES string of the molecule is CC(=O)Oc1ccccc1C(=O)NC(=N)c1ccc(N2CC(COS(C)(=O)=O)OC2=O)cc1.CCOC(=O)CCN1CCN(CC2CN(c3ccc(C(=N)NC(=O)c4ccccc4OC(C)=O)cc3)C(=O)O2)CC1. The number of para-hydroxylation sites is 2. The molecule has 3 heterocycles. The minimum Gasteiger partial charge on any atom is -0.466 e. The van der Waals surface area contributed by atoms with Crippen molar-refractivity contribution in [1.82, 2.24) is 20.4 Å². The number of rotatable bonds is 17. The van der Waals surface area contributed by atoms with Gasteiger partial charge < -0.3 is 39.2 Å². The summed E-state index contributed by atoms with van der Waals surface area (Å²) in [6, 6.07) is 25.3. The van der Waals surface area contributed by atoms with Gasteiger partial charge in [-0.2, -0.15) is 8.42 Å². The number of carbonyl (C=O) groups is 7. The first-order valence-corrected chi connectivity index (χ1v) is 25.0. The van der Waals surface area contributed by atoms with E-state index in [1.54, 1.807) is 72.5 Å². The predicted octanol–water partition coefficient (Wildman–Crippen LogP) is 3.93. The van der Waals surface area contributed by atoms with Crippen molar-refractivity contribution in [3.05, 3.63) is 119 Å². The normalized spacial score (nSPS) is 16.7. The van der Waals surface area contributed by atoms with Gasteiger partial charge in [0.05, 0.1) is 43.5 Å². The average molecular weight is 1040 g/mol. The molecule has 23 nitrogen and oxygen atoms in total. The summed E-state index contributed by atoms with van der Waals surface area (Å²) in [6.45, 7) is 9.49. The number of amides is 4. The Hall–Kier alpha value is -8.06. The van der Waals surface area contributed by atoms with Crippen LogP contribution in [-0.2, 0) is 42.9 Å². The van der Waals surface area contributed by atoms with E-state index >= 15 is 0 Å². The predicted molar refractivity (Wildman–Crippen MR) is 267 cm³/mol. The van der Waals surface area contributed by atoms with Crippen molar-refractivity contribution in [2.75, 3.05) is 81.6 Å². The number of carbonyl (C=O) groups excluding carboxylic acids is 7. The molecule has 2 unspecified atom stereocenters. The van der Waals surface area contributed by atoms with Crippen LogP contribution >= 0.6 is 0 Å². The molecule has 3 aliphatic heterocycles. The smallest absolute Gasteiger partial charge is 0.414 e. The Morgan fingerprint density at radius 3 is 1.53 bits per heavy atom. The highest BCUT2D eigenvalue weighted by Crippen LogP contribution is 2.26. The van der Waals surface area contributed by atoms with Gasteiger partial charge in [0.2, 0.25) is 0 Å². The molecule has 7 rings (SSSR count). The van der Waals surface area contributed by atoms with Crippen LogP contribution in [-0.4, -0.2) is 156 Å². The lowest BCUT2D eigenvalue weighted by Crippen LogP contribution is -2.49. The summed E-state index contributed by atoms with van der Waals surface area (Å²) in [7, 11) is -3.66. The molecule has 3 fully saturated rings. The third-order valence-corrected chi connectivity index (χ3v) is 11.8. The van der Waals surface area contributed by atoms with Gasteiger partial charge in [-0.05, 0) is 79.7 Å². The first kappa shape index (κ1) is 55.3. The number of nitrogens with zero attached hydrogens (tertiary/aromatic N) is 4. The van der Waals surface area contributed by atoms with Gasteiger partial charge >= 0.3 is 30.1 Å². The summed E-state index contributed by atoms with van der Waals surface area (Å²) in [4.78, 5) is 91.5. The van der Waals surface area contributed by atoms with Crippen molar-refractivity contribution in [3.8, 4) is 11.5 Å². The molecule has 24 heteroatoms. The van der Waals surface area contributed by atoms with Crippen LogP contribution in [0, 0.1) is 10.8 Å². The van der Waals surface area contributed by atoms with Crippen LogP contribution in [0.25, 0.3) is 0 Å². The Balaban J connectivity index is 0.000000247. The van der Waals surface area contributed by atoms with E-state index in [2.05, 4.69) is 24.6 Å². The molecule has 0 saturated carbocycles. The summed E-state index contributed by atoms with van der Waals surface area (Å²) in [5.41, 5.74) is 2.12. The summed E-state index contributed by atoms with van der Waals surface area (Å²) in [5.74, 6) is -2.67. The van der Waals surface area contributed by atoms with Gasteiger partial charge in [-0.3, -0.25) is 53.7 Å². The topological polar surface area (TPSA) is 294 Å². The van der Waals surface area contributed by atoms with E-state index in [-0.39, 0.29) is 59.5 Å². The maximum Gasteiger partial charge on any atom is 0.414 e. The Morgan fingerprint density at radius 1 is 0.649 bits per heavy atom. The maximum absolute atomic E-state index is 12.7. The molecule has 0 bridgehead atoms. The molecule has 4 aromatic carbocycles. The molecule has 0 aliphatic carbocycles. The zero-order valence-electron chi connectivity index (χ0n) is 41.0. The van der Waals surface area contributed by atoms with Crippen molar-refractivity contribution in [1.29, 1.82) is 10.8 Å². The van der Waals surface area contributed by atoms with E-state index in [4.69, 9.17) is 34.5 Å². The van der Waals surface area contributed by atoms with Crippen LogP contribution in [0.1, 0.15) is 59.0 Å². The van der Waals surface area contributed by atoms with E-state index in [0.29, 0.717) is 55.2 Å². The molecule has 74 heavy (non-hydrogen) atoms. The average Bonchev–Trinajstić information content (AvgIpc) is 3.93. The Morgan fingerprint density at radius 2 is 1.08 bits per heavy atom. The van der Waals surface area contributed by atoms with Crippen LogP contribution in [0.3, 0.4) is 0 Å². The summed E-state index contributed by atoms with van der Waals surface area (Å²) >= 11 is 0. The molecule has 2 atom stereocenters. The van der Waals surface area contributed by atoms with Crippen LogP contribution in [0.15, 0.2) is 97.1 Å². The minimum atomic E-state index is -3.66. The van der Waals surface area contributed by atoms with Gasteiger partial charge in [-0.15, -0.1) is 0 Å². The van der Waals surface area contributed by atoms with Gasteiger partial charge in [-0.25, -0.2) is 9.59 Å². The molecule has 4 N–H and O–H groups in total. The number of hydrogen-bond acceptors (Lipinski definition) is 19. The Labute approximate surface area is 426 Å². The molecule has 0 spiro atoms. The fraction of sp³-hybridized carbons (Fsp3) is 0.340. The van der Waals surface area contributed by atoms with Crippen molar-refractivity contribution in [2.24, 2.45) is 0 Å². The summed E-state index contributed by atoms with van der Waals surface area (Å²) in [6.07, 6.45) is -0.817. The molecular weight excluding hydrogens is 985 g/mol. The lowest BCUT2D eigenvalue weighted by molar-refractivity contribution is -0.143. The highest BCUT2D eigenvalue weighted by molar-refractivity contribution is 7.86. The van der Waals surface area contributed by atoms with E-state index < -0.39 is 52.2 Å². The standard InChI is InChI=1S/C29H35N5O7.C21H21N3O8S/c1-3-39-26(36)12-13-32-14-16-33(17-15-32)18-23-19-34(29(38)41-23)22-10-8-21(9-11-22)27(30)31-28(37)24-6-4-5-7-25(24)40-20(2)35;1-13(25)31-18-6-4-3-5-17(18)20(26)23-19(22)14-7-9-15(10-8-14)24-11-16(32-21(24)27)12-30-33(2,28)29/h4-11,23H,3,12-19H2,1-2H3,(H2,30,31,37);3-10,16H,11-12H2,1-2H3,(H2,22,23,26). The number of anilines is 2. The van der Waals surface area contributed by atoms with Crippen LogP contribution in [0.5, 0.6) is 11.5 Å². The Kier molecular flexibility index (Phi) is 19.1. The molecule has 392 valence electrons. The highest BCUT2D eigenvalue weighted by atomic mass is 32.2. The second kappa shape index (κ2) is 25.5. The number of cyclic esters (lactones) is 2. The van der Waals surface area contributed by atoms with Crippen molar-refractivity contribution < 1.29 is 69.8 Å². The molecular formula is C50H56N8O15S. The molecule has 0 aromatic heterocycles. The third kappa shape index (κ3) is 16.0. The number of hydrogen-bond donors (Lipinski definition) is 4. The molecule has 3 saturated heterocycles. The van der Waals surface area contributed by atoms with Crippen LogP contribution in [0.4, 0.5) is 21.0 Å². The van der Waals surface area contributed by atoms with Gasteiger partial charge in [-0.1, -0.05) is 24.3 Å². The van der Waals surface area contributed by atoms with E-state index in [9.17, 15) is 42.0 Å². The van der Waals surface area contributed by atoms with Gasteiger partial charge in [0.1, 0.15) is 42.0 Å². The van der Waals surface area contributed by atoms with Crippen molar-refractivity contribution in [3.63, 3.8) is 0 Å². The largest absolute Gasteiger partial charge is 0.466 e. The van der Waals surface area contributed by atoms with Gasteiger partial charge in [0.25, 0.3) is 21.9 Å². The summed E-state index contributed by atoms with van der Waals surface area (Å²) < 4.78 is 52.7. The number of amidine groups is 2. The van der Waals surface area contributed by atoms with Crippen molar-refractivity contribution >= 4 is 75.1 Å². The lowest BCUT2D eigenvalue weighted by Gasteiger charge is -2.35. The second-order valence-corrected chi connectivity index (χ2v) is 18.5. The maximum atomic E-state index is 12.7. The van der Waals surface area contributed by atoms with Crippen LogP contribution in [0.2, 0.25) is 0 Å². The molecule has 3 aliphatic rings. The van der Waals surface area contributed by atoms with Gasteiger partial charge in [0, 0.05) is 75.6 Å². The first-order chi connectivity index (χ1) is 35.3. The van der Waals surface area contributed by atoms with Crippen LogP contribution < -0.4 is 29.9 Å². The van der Waals surface area contributed by atoms with E-state index in [1.807, 2.05) is 0 Å². The van der Waals surface area contributed by atoms with E-state index in [1.165, 1.54) is 55.1 Å². The number of nitrogens with one attached hydrogen (secondary N) is 4. The fourth-order valence-electron chi connectivity index (χ4n) is 7.73. The zero-order valence-corrected chi connectivity index (χ0v) is 41.8. The molecule has 0 radical (unpaired) electrons. The second-order valence-electron chi connectivity index (χ2n) is 16.9. The molecule has 4 amide bonds. The number of benzene rings is 4. The number of piperazine rings is 1. The zero-order chi connectivity index (χ0) is 53.5.